The molecule has 2 atom stereocenters. The minimum Gasteiger partial charge on any atom is -0.385 e. The Morgan fingerprint density at radius 1 is 1.00 bits per heavy atom. The Morgan fingerprint density at radius 3 is 2.33 bits per heavy atom. The average molecular weight is 329 g/mol. The van der Waals surface area contributed by atoms with Crippen LogP contribution in [0.15, 0.2) is 48.5 Å². The molecule has 0 spiro atoms. The van der Waals surface area contributed by atoms with Crippen LogP contribution in [-0.2, 0) is 12.1 Å². The Balaban J connectivity index is 1.58. The van der Waals surface area contributed by atoms with Crippen LogP contribution in [0.2, 0.25) is 0 Å². The van der Waals surface area contributed by atoms with E-state index in [1.54, 1.807) is 0 Å². The van der Waals surface area contributed by atoms with Crippen LogP contribution in [0.25, 0.3) is 0 Å². The number of hydrogen-bond donors (Lipinski definition) is 1. The molecule has 0 radical (unpaired) electrons. The molecule has 2 unspecified atom stereocenters. The van der Waals surface area contributed by atoms with Gasteiger partial charge in [-0.25, -0.2) is 8.78 Å². The molecule has 0 amide bonds. The zero-order valence-electron chi connectivity index (χ0n) is 13.5. The Hall–Kier alpha value is -1.78. The predicted octanol–water partition coefficient (Wildman–Crippen LogP) is 3.98. The lowest BCUT2D eigenvalue weighted by Crippen LogP contribution is -2.49. The molecule has 4 rings (SSSR count). The summed E-state index contributed by atoms with van der Waals surface area (Å²) in [7, 11) is 0. The second kappa shape index (κ2) is 5.94. The van der Waals surface area contributed by atoms with Gasteiger partial charge in [0, 0.05) is 24.2 Å². The Bertz CT molecular complexity index is 720. The van der Waals surface area contributed by atoms with Gasteiger partial charge in [0.05, 0.1) is 5.60 Å². The van der Waals surface area contributed by atoms with Gasteiger partial charge in [-0.05, 0) is 49.4 Å². The smallest absolute Gasteiger partial charge is 0.129 e. The molecular weight excluding hydrogens is 308 g/mol. The van der Waals surface area contributed by atoms with E-state index in [1.807, 2.05) is 18.2 Å². The van der Waals surface area contributed by atoms with Crippen LogP contribution in [-0.4, -0.2) is 22.1 Å². The van der Waals surface area contributed by atoms with E-state index in [9.17, 15) is 13.9 Å². The number of piperidine rings is 1. The summed E-state index contributed by atoms with van der Waals surface area (Å²) in [6.45, 7) is 0.845. The summed E-state index contributed by atoms with van der Waals surface area (Å²) in [5, 5.41) is 11.1. The van der Waals surface area contributed by atoms with Crippen molar-refractivity contribution in [2.75, 3.05) is 0 Å². The number of fused-ring (bicyclic) bond motifs is 2. The molecule has 2 nitrogen and oxygen atoms in total. The van der Waals surface area contributed by atoms with E-state index in [2.05, 4.69) is 17.0 Å². The first kappa shape index (κ1) is 15.7. The fourth-order valence-corrected chi connectivity index (χ4v) is 4.44. The van der Waals surface area contributed by atoms with E-state index >= 15 is 0 Å². The van der Waals surface area contributed by atoms with Crippen molar-refractivity contribution >= 4 is 0 Å². The highest BCUT2D eigenvalue weighted by Crippen LogP contribution is 2.46. The SMILES string of the molecule is OC1(c2cc(F)ccc2F)CC2CCC(C1)N2Cc1ccccc1. The minimum atomic E-state index is -1.27. The van der Waals surface area contributed by atoms with Crippen LogP contribution in [0, 0.1) is 11.6 Å². The van der Waals surface area contributed by atoms with Crippen LogP contribution in [0.5, 0.6) is 0 Å². The summed E-state index contributed by atoms with van der Waals surface area (Å²) in [5.41, 5.74) is 0.0844. The van der Waals surface area contributed by atoms with Crippen molar-refractivity contribution in [3.63, 3.8) is 0 Å². The van der Waals surface area contributed by atoms with Crippen LogP contribution in [0.4, 0.5) is 8.78 Å². The van der Waals surface area contributed by atoms with Crippen LogP contribution < -0.4 is 0 Å². The van der Waals surface area contributed by atoms with Crippen LogP contribution in [0.3, 0.4) is 0 Å². The van der Waals surface area contributed by atoms with Gasteiger partial charge in [0.1, 0.15) is 11.6 Å². The van der Waals surface area contributed by atoms with Crippen LogP contribution in [0.1, 0.15) is 36.8 Å². The molecule has 2 aliphatic heterocycles. The molecule has 1 N–H and O–H groups in total. The highest BCUT2D eigenvalue weighted by molar-refractivity contribution is 5.28. The third-order valence-corrected chi connectivity index (χ3v) is 5.56. The molecule has 0 aliphatic carbocycles. The normalized spacial score (nSPS) is 29.8. The number of rotatable bonds is 3. The highest BCUT2D eigenvalue weighted by atomic mass is 19.1. The molecule has 2 saturated heterocycles. The molecule has 2 aromatic rings. The lowest BCUT2D eigenvalue weighted by Gasteiger charge is -2.44. The van der Waals surface area contributed by atoms with Gasteiger partial charge in [-0.15, -0.1) is 0 Å². The van der Waals surface area contributed by atoms with E-state index < -0.39 is 17.2 Å². The van der Waals surface area contributed by atoms with E-state index in [-0.39, 0.29) is 17.6 Å². The van der Waals surface area contributed by atoms with Crippen molar-refractivity contribution in [2.24, 2.45) is 0 Å². The van der Waals surface area contributed by atoms with Gasteiger partial charge in [0.25, 0.3) is 0 Å². The average Bonchev–Trinajstić information content (AvgIpc) is 2.82. The number of halogens is 2. The molecule has 2 aliphatic rings. The van der Waals surface area contributed by atoms with Crippen molar-refractivity contribution in [2.45, 2.75) is 49.9 Å². The standard InChI is InChI=1S/C20H21F2NO/c21-15-6-9-19(22)18(10-15)20(24)11-16-7-8-17(12-20)23(16)13-14-4-2-1-3-5-14/h1-6,9-10,16-17,24H,7-8,11-13H2. The largest absolute Gasteiger partial charge is 0.385 e. The van der Waals surface area contributed by atoms with Gasteiger partial charge in [0.2, 0.25) is 0 Å². The molecular formula is C20H21F2NO. The summed E-state index contributed by atoms with van der Waals surface area (Å²) in [5.74, 6) is -1.02. The molecule has 126 valence electrons. The minimum absolute atomic E-state index is 0.110. The molecule has 0 aromatic heterocycles. The molecule has 24 heavy (non-hydrogen) atoms. The van der Waals surface area contributed by atoms with Crippen molar-refractivity contribution in [3.8, 4) is 0 Å². The van der Waals surface area contributed by atoms with E-state index in [4.69, 9.17) is 0 Å². The van der Waals surface area contributed by atoms with Gasteiger partial charge in [-0.1, -0.05) is 30.3 Å². The number of nitrogens with zero attached hydrogens (tertiary/aromatic N) is 1. The van der Waals surface area contributed by atoms with Gasteiger partial charge < -0.3 is 5.11 Å². The summed E-state index contributed by atoms with van der Waals surface area (Å²) < 4.78 is 27.7. The summed E-state index contributed by atoms with van der Waals surface area (Å²) in [6.07, 6.45) is 2.90. The van der Waals surface area contributed by atoms with Crippen molar-refractivity contribution in [1.29, 1.82) is 0 Å². The quantitative estimate of drug-likeness (QED) is 0.921. The maximum atomic E-state index is 14.2. The third-order valence-electron chi connectivity index (χ3n) is 5.56. The third kappa shape index (κ3) is 2.74. The summed E-state index contributed by atoms with van der Waals surface area (Å²) in [6, 6.07) is 14.0. The zero-order chi connectivity index (χ0) is 16.7. The maximum absolute atomic E-state index is 14.2. The van der Waals surface area contributed by atoms with Gasteiger partial charge in [-0.3, -0.25) is 4.90 Å². The number of hydrogen-bond acceptors (Lipinski definition) is 2. The van der Waals surface area contributed by atoms with Gasteiger partial charge in [0.15, 0.2) is 0 Å². The summed E-state index contributed by atoms with van der Waals surface area (Å²) in [4.78, 5) is 2.42. The molecule has 4 heteroatoms. The second-order valence-electron chi connectivity index (χ2n) is 7.11. The number of benzene rings is 2. The predicted molar refractivity (Wildman–Crippen MR) is 88.3 cm³/mol. The van der Waals surface area contributed by atoms with Gasteiger partial charge in [-0.2, -0.15) is 0 Å². The van der Waals surface area contributed by atoms with Crippen molar-refractivity contribution < 1.29 is 13.9 Å². The first-order valence-corrected chi connectivity index (χ1v) is 8.53. The Kier molecular flexibility index (Phi) is 3.89. The van der Waals surface area contributed by atoms with E-state index in [0.29, 0.717) is 12.8 Å². The Morgan fingerprint density at radius 2 is 1.67 bits per heavy atom. The molecule has 2 aromatic carbocycles. The first-order chi connectivity index (χ1) is 11.5. The van der Waals surface area contributed by atoms with Crippen molar-refractivity contribution in [3.05, 3.63) is 71.3 Å². The summed E-state index contributed by atoms with van der Waals surface area (Å²) >= 11 is 0. The fraction of sp³-hybridized carbons (Fsp3) is 0.400. The maximum Gasteiger partial charge on any atom is 0.129 e. The monoisotopic (exact) mass is 329 g/mol. The van der Waals surface area contributed by atoms with Crippen LogP contribution >= 0.6 is 0 Å². The highest BCUT2D eigenvalue weighted by Gasteiger charge is 2.49. The second-order valence-corrected chi connectivity index (χ2v) is 7.11. The lowest BCUT2D eigenvalue weighted by molar-refractivity contribution is -0.0617. The molecule has 2 bridgehead atoms. The zero-order valence-corrected chi connectivity index (χ0v) is 13.5. The number of aliphatic hydroxyl groups is 1. The molecule has 0 saturated carbocycles. The van der Waals surface area contributed by atoms with Gasteiger partial charge >= 0.3 is 0 Å². The lowest BCUT2D eigenvalue weighted by atomic mass is 9.80. The topological polar surface area (TPSA) is 23.5 Å². The van der Waals surface area contributed by atoms with E-state index in [1.165, 1.54) is 5.56 Å². The molecule has 2 heterocycles. The fourth-order valence-electron chi connectivity index (χ4n) is 4.44. The Labute approximate surface area is 140 Å². The van der Waals surface area contributed by atoms with Crippen molar-refractivity contribution in [1.82, 2.24) is 4.90 Å². The molecule has 2 fully saturated rings. The van der Waals surface area contributed by atoms with E-state index in [0.717, 1.165) is 37.6 Å². The first-order valence-electron chi connectivity index (χ1n) is 8.53.